The first-order chi connectivity index (χ1) is 12.9. The van der Waals surface area contributed by atoms with Crippen molar-refractivity contribution in [2.24, 2.45) is 5.92 Å². The molecule has 0 saturated carbocycles. The van der Waals surface area contributed by atoms with Crippen molar-refractivity contribution in [1.82, 2.24) is 10.2 Å². The lowest BCUT2D eigenvalue weighted by molar-refractivity contribution is -0.127. The van der Waals surface area contributed by atoms with Gasteiger partial charge in [0.15, 0.2) is 0 Å². The number of aryl methyl sites for hydroxylation is 3. The van der Waals surface area contributed by atoms with E-state index in [-0.39, 0.29) is 17.9 Å². The van der Waals surface area contributed by atoms with E-state index >= 15 is 0 Å². The van der Waals surface area contributed by atoms with Gasteiger partial charge in [0.1, 0.15) is 0 Å². The molecule has 1 unspecified atom stereocenters. The van der Waals surface area contributed by atoms with E-state index < -0.39 is 0 Å². The van der Waals surface area contributed by atoms with Crippen molar-refractivity contribution in [2.45, 2.75) is 53.1 Å². The molecule has 1 amide bonds. The Bertz CT molecular complexity index is 773. The van der Waals surface area contributed by atoms with Crippen molar-refractivity contribution in [3.63, 3.8) is 0 Å². The molecule has 1 heterocycles. The Hall–Kier alpha value is -2.13. The second-order valence-electron chi connectivity index (χ2n) is 8.13. The molecule has 27 heavy (non-hydrogen) atoms. The summed E-state index contributed by atoms with van der Waals surface area (Å²) in [4.78, 5) is 15.2. The zero-order valence-electron chi connectivity index (χ0n) is 17.1. The van der Waals surface area contributed by atoms with Crippen LogP contribution < -0.4 is 5.32 Å². The Morgan fingerprint density at radius 2 is 1.67 bits per heavy atom. The molecule has 0 radical (unpaired) electrons. The maximum absolute atomic E-state index is 12.8. The third-order valence-corrected chi connectivity index (χ3v) is 5.75. The van der Waals surface area contributed by atoms with Crippen molar-refractivity contribution in [2.75, 3.05) is 13.1 Å². The monoisotopic (exact) mass is 364 g/mol. The number of likely N-dealkylation sites (tertiary alicyclic amines) is 1. The molecule has 0 spiro atoms. The lowest BCUT2D eigenvalue weighted by Crippen LogP contribution is -2.41. The van der Waals surface area contributed by atoms with Gasteiger partial charge in [-0.3, -0.25) is 9.69 Å². The van der Waals surface area contributed by atoms with E-state index in [0.717, 1.165) is 32.5 Å². The maximum Gasteiger partial charge on any atom is 0.223 e. The van der Waals surface area contributed by atoms with Gasteiger partial charge < -0.3 is 5.32 Å². The number of carbonyl (C=O) groups is 1. The maximum atomic E-state index is 12.8. The Labute approximate surface area is 163 Å². The molecule has 1 saturated heterocycles. The molecule has 3 rings (SSSR count). The summed E-state index contributed by atoms with van der Waals surface area (Å²) in [6.07, 6.45) is 1.88. The topological polar surface area (TPSA) is 32.3 Å². The molecule has 0 aromatic heterocycles. The first-order valence-electron chi connectivity index (χ1n) is 10.1. The fourth-order valence-electron chi connectivity index (χ4n) is 3.94. The predicted octanol–water partition coefficient (Wildman–Crippen LogP) is 4.70. The van der Waals surface area contributed by atoms with Crippen LogP contribution in [0, 0.1) is 26.7 Å². The number of hydrogen-bond donors (Lipinski definition) is 1. The summed E-state index contributed by atoms with van der Waals surface area (Å²) in [5.74, 6) is 0.338. The highest BCUT2D eigenvalue weighted by Crippen LogP contribution is 2.23. The van der Waals surface area contributed by atoms with Gasteiger partial charge in [-0.25, -0.2) is 0 Å². The molecule has 144 valence electrons. The number of rotatable bonds is 5. The molecule has 1 aliphatic heterocycles. The molecule has 1 N–H and O–H groups in total. The van der Waals surface area contributed by atoms with Crippen LogP contribution in [0.5, 0.6) is 0 Å². The van der Waals surface area contributed by atoms with Crippen LogP contribution in [-0.4, -0.2) is 23.9 Å². The van der Waals surface area contributed by atoms with Crippen LogP contribution in [0.1, 0.15) is 53.6 Å². The Balaban J connectivity index is 1.50. The molecule has 1 aliphatic rings. The van der Waals surface area contributed by atoms with Crippen molar-refractivity contribution in [3.8, 4) is 0 Å². The third kappa shape index (κ3) is 5.20. The second kappa shape index (κ2) is 8.71. The summed E-state index contributed by atoms with van der Waals surface area (Å²) in [6, 6.07) is 15.3. The predicted molar refractivity (Wildman–Crippen MR) is 112 cm³/mol. The highest BCUT2D eigenvalue weighted by molar-refractivity contribution is 5.79. The summed E-state index contributed by atoms with van der Waals surface area (Å²) < 4.78 is 0. The minimum atomic E-state index is 0.0583. The molecular formula is C24H32N2O. The normalized spacial score (nSPS) is 16.9. The Morgan fingerprint density at radius 1 is 1.04 bits per heavy atom. The molecule has 1 fully saturated rings. The fraction of sp³-hybridized carbons (Fsp3) is 0.458. The van der Waals surface area contributed by atoms with Gasteiger partial charge in [-0.1, -0.05) is 53.6 Å². The van der Waals surface area contributed by atoms with Crippen LogP contribution in [0.15, 0.2) is 42.5 Å². The van der Waals surface area contributed by atoms with Crippen LogP contribution in [0.25, 0.3) is 0 Å². The van der Waals surface area contributed by atoms with Gasteiger partial charge in [0.2, 0.25) is 5.91 Å². The number of benzene rings is 2. The average Bonchev–Trinajstić information content (AvgIpc) is 2.66. The van der Waals surface area contributed by atoms with E-state index in [2.05, 4.69) is 80.4 Å². The van der Waals surface area contributed by atoms with Gasteiger partial charge >= 0.3 is 0 Å². The van der Waals surface area contributed by atoms with E-state index in [4.69, 9.17) is 0 Å². The smallest absolute Gasteiger partial charge is 0.223 e. The van der Waals surface area contributed by atoms with Crippen molar-refractivity contribution >= 4 is 5.91 Å². The number of piperidine rings is 1. The van der Waals surface area contributed by atoms with Gasteiger partial charge in [-0.05, 0) is 70.3 Å². The number of nitrogens with zero attached hydrogens (tertiary/aromatic N) is 1. The molecule has 2 aromatic rings. The molecule has 2 aromatic carbocycles. The van der Waals surface area contributed by atoms with E-state index in [1.165, 1.54) is 27.8 Å². The van der Waals surface area contributed by atoms with Crippen LogP contribution in [0.3, 0.4) is 0 Å². The van der Waals surface area contributed by atoms with Crippen molar-refractivity contribution < 1.29 is 4.79 Å². The standard InChI is InChI=1S/C24H32N2O/c1-17-6-9-21(10-7-17)16-26-13-11-22(12-14-26)24(27)25-20(4)23-15-18(2)5-8-19(23)3/h5-10,15,20,22H,11-14,16H2,1-4H3,(H,25,27). The van der Waals surface area contributed by atoms with E-state index in [1.807, 2.05) is 0 Å². The minimum absolute atomic E-state index is 0.0583. The quantitative estimate of drug-likeness (QED) is 0.834. The largest absolute Gasteiger partial charge is 0.349 e. The van der Waals surface area contributed by atoms with Gasteiger partial charge in [-0.2, -0.15) is 0 Å². The number of amides is 1. The van der Waals surface area contributed by atoms with E-state index in [0.29, 0.717) is 0 Å². The van der Waals surface area contributed by atoms with Gasteiger partial charge in [0.25, 0.3) is 0 Å². The van der Waals surface area contributed by atoms with Crippen LogP contribution in [0.4, 0.5) is 0 Å². The van der Waals surface area contributed by atoms with Gasteiger partial charge in [-0.15, -0.1) is 0 Å². The van der Waals surface area contributed by atoms with Crippen LogP contribution in [0.2, 0.25) is 0 Å². The second-order valence-corrected chi connectivity index (χ2v) is 8.13. The summed E-state index contributed by atoms with van der Waals surface area (Å²) in [5, 5.41) is 3.25. The fourth-order valence-corrected chi connectivity index (χ4v) is 3.94. The molecule has 3 nitrogen and oxygen atoms in total. The summed E-state index contributed by atoms with van der Waals surface area (Å²) >= 11 is 0. The molecule has 0 aliphatic carbocycles. The SMILES string of the molecule is Cc1ccc(CN2CCC(C(=O)NC(C)c3cc(C)ccc3C)CC2)cc1. The first kappa shape index (κ1) is 19.6. The Morgan fingerprint density at radius 3 is 2.33 bits per heavy atom. The van der Waals surface area contributed by atoms with Gasteiger partial charge in [0.05, 0.1) is 6.04 Å². The Kier molecular flexibility index (Phi) is 6.33. The number of hydrogen-bond acceptors (Lipinski definition) is 2. The molecule has 1 atom stereocenters. The third-order valence-electron chi connectivity index (χ3n) is 5.75. The van der Waals surface area contributed by atoms with E-state index in [1.54, 1.807) is 0 Å². The highest BCUT2D eigenvalue weighted by Gasteiger charge is 2.26. The zero-order valence-corrected chi connectivity index (χ0v) is 17.1. The minimum Gasteiger partial charge on any atom is -0.349 e. The summed E-state index contributed by atoms with van der Waals surface area (Å²) in [5.41, 5.74) is 6.35. The average molecular weight is 365 g/mol. The highest BCUT2D eigenvalue weighted by atomic mass is 16.1. The number of nitrogens with one attached hydrogen (secondary N) is 1. The molecule has 0 bridgehead atoms. The summed E-state index contributed by atoms with van der Waals surface area (Å²) in [6.45, 7) is 11.4. The lowest BCUT2D eigenvalue weighted by atomic mass is 9.94. The van der Waals surface area contributed by atoms with E-state index in [9.17, 15) is 4.79 Å². The van der Waals surface area contributed by atoms with Crippen LogP contribution >= 0.6 is 0 Å². The van der Waals surface area contributed by atoms with Crippen molar-refractivity contribution in [1.29, 1.82) is 0 Å². The van der Waals surface area contributed by atoms with Crippen LogP contribution in [-0.2, 0) is 11.3 Å². The molecular weight excluding hydrogens is 332 g/mol. The van der Waals surface area contributed by atoms with Gasteiger partial charge in [0, 0.05) is 12.5 Å². The lowest BCUT2D eigenvalue weighted by Gasteiger charge is -2.32. The first-order valence-corrected chi connectivity index (χ1v) is 10.1. The molecule has 3 heteroatoms. The number of carbonyl (C=O) groups excluding carboxylic acids is 1. The summed E-state index contributed by atoms with van der Waals surface area (Å²) in [7, 11) is 0. The zero-order chi connectivity index (χ0) is 19.4. The van der Waals surface area contributed by atoms with Crippen molar-refractivity contribution in [3.05, 3.63) is 70.3 Å².